The van der Waals surface area contributed by atoms with E-state index in [1.54, 1.807) is 0 Å². The Hall–Kier alpha value is -2.39. The Kier molecular flexibility index (Phi) is 4.33. The van der Waals surface area contributed by atoms with Gasteiger partial charge in [0.15, 0.2) is 0 Å². The number of benzene rings is 1. The number of hydrogen-bond donors (Lipinski definition) is 2. The fourth-order valence-electron chi connectivity index (χ4n) is 2.47. The number of nitrogens with zero attached hydrogens (tertiary/aromatic N) is 1. The van der Waals surface area contributed by atoms with E-state index in [2.05, 4.69) is 16.4 Å². The lowest BCUT2D eigenvalue weighted by molar-refractivity contribution is 0.187. The first-order valence-electron chi connectivity index (χ1n) is 6.42. The topological polar surface area (TPSA) is 78.8 Å². The highest BCUT2D eigenvalue weighted by atomic mass is 16.4. The number of carboxylic acid groups (broad SMARTS) is 1. The van der Waals surface area contributed by atoms with Gasteiger partial charge in [0.2, 0.25) is 6.08 Å². The van der Waals surface area contributed by atoms with Crippen LogP contribution in [0.25, 0.3) is 5.57 Å². The van der Waals surface area contributed by atoms with Gasteiger partial charge in [-0.1, -0.05) is 35.9 Å². The van der Waals surface area contributed by atoms with Gasteiger partial charge in [-0.2, -0.15) is 0 Å². The molecule has 2 N–H and O–H groups in total. The molecule has 0 fully saturated rings. The zero-order chi connectivity index (χ0) is 14.5. The molecule has 0 aromatic heterocycles. The Morgan fingerprint density at radius 3 is 2.95 bits per heavy atom. The number of hydrogen-bond acceptors (Lipinski definition) is 3. The van der Waals surface area contributed by atoms with Gasteiger partial charge in [0, 0.05) is 0 Å². The van der Waals surface area contributed by atoms with Crippen LogP contribution >= 0.6 is 0 Å². The van der Waals surface area contributed by atoms with Crippen LogP contribution in [0, 0.1) is 6.92 Å². The maximum atomic E-state index is 10.7. The molecule has 0 saturated carbocycles. The fraction of sp³-hybridized carbons (Fsp3) is 0.333. The van der Waals surface area contributed by atoms with E-state index in [9.17, 15) is 9.59 Å². The van der Waals surface area contributed by atoms with Crippen molar-refractivity contribution in [3.8, 4) is 0 Å². The Morgan fingerprint density at radius 1 is 1.50 bits per heavy atom. The van der Waals surface area contributed by atoms with Crippen molar-refractivity contribution in [2.24, 2.45) is 4.99 Å². The summed E-state index contributed by atoms with van der Waals surface area (Å²) >= 11 is 0. The predicted octanol–water partition coefficient (Wildman–Crippen LogP) is 2.51. The molecule has 1 amide bonds. The van der Waals surface area contributed by atoms with E-state index < -0.39 is 12.1 Å². The number of rotatable bonds is 3. The molecule has 1 aliphatic rings. The highest BCUT2D eigenvalue weighted by Gasteiger charge is 2.27. The minimum atomic E-state index is -1.10. The van der Waals surface area contributed by atoms with Crippen LogP contribution in [0.3, 0.4) is 0 Å². The lowest BCUT2D eigenvalue weighted by Gasteiger charge is -2.27. The van der Waals surface area contributed by atoms with E-state index in [4.69, 9.17) is 5.11 Å². The summed E-state index contributed by atoms with van der Waals surface area (Å²) in [6, 6.07) is 7.30. The van der Waals surface area contributed by atoms with Crippen molar-refractivity contribution in [3.63, 3.8) is 0 Å². The van der Waals surface area contributed by atoms with Gasteiger partial charge in [0.25, 0.3) is 0 Å². The van der Waals surface area contributed by atoms with Gasteiger partial charge in [-0.3, -0.25) is 0 Å². The molecule has 20 heavy (non-hydrogen) atoms. The minimum Gasteiger partial charge on any atom is -0.465 e. The second-order valence-electron chi connectivity index (χ2n) is 4.88. The molecule has 0 unspecified atom stereocenters. The van der Waals surface area contributed by atoms with Crippen molar-refractivity contribution in [3.05, 3.63) is 41.5 Å². The van der Waals surface area contributed by atoms with E-state index in [1.807, 2.05) is 31.2 Å². The molecule has 5 heteroatoms. The van der Waals surface area contributed by atoms with Gasteiger partial charge in [-0.15, -0.1) is 0 Å². The molecule has 0 aliphatic heterocycles. The van der Waals surface area contributed by atoms with E-state index in [-0.39, 0.29) is 6.04 Å². The molecule has 0 saturated heterocycles. The van der Waals surface area contributed by atoms with Crippen LogP contribution in [0.2, 0.25) is 0 Å². The molecule has 0 bridgehead atoms. The van der Waals surface area contributed by atoms with Crippen molar-refractivity contribution < 1.29 is 14.7 Å². The van der Waals surface area contributed by atoms with Gasteiger partial charge >= 0.3 is 6.09 Å². The van der Waals surface area contributed by atoms with Crippen molar-refractivity contribution in [2.75, 3.05) is 0 Å². The zero-order valence-electron chi connectivity index (χ0n) is 11.2. The summed E-state index contributed by atoms with van der Waals surface area (Å²) in [6.45, 7) is 2.02. The average molecular weight is 272 g/mol. The standard InChI is InChI=1S/C15H16N2O3/c1-10-3-2-4-11(7-10)12-5-6-13(17-15(19)20)14(8-12)16-9-18/h2-5,7,13-14,17H,6,8H2,1H3,(H,19,20)/t13-,14-/m0/s1. The molecule has 0 spiro atoms. The molecule has 2 rings (SSSR count). The van der Waals surface area contributed by atoms with Crippen LogP contribution in [0.15, 0.2) is 35.3 Å². The summed E-state index contributed by atoms with van der Waals surface area (Å²) in [5.74, 6) is 0. The number of aryl methyl sites for hydroxylation is 1. The first kappa shape index (κ1) is 14.0. The Labute approximate surface area is 117 Å². The van der Waals surface area contributed by atoms with Crippen molar-refractivity contribution >= 4 is 17.7 Å². The molecule has 2 atom stereocenters. The number of isocyanates is 1. The van der Waals surface area contributed by atoms with E-state index >= 15 is 0 Å². The number of aliphatic imine (C=N–C) groups is 1. The summed E-state index contributed by atoms with van der Waals surface area (Å²) in [7, 11) is 0. The van der Waals surface area contributed by atoms with E-state index in [1.165, 1.54) is 6.08 Å². The summed E-state index contributed by atoms with van der Waals surface area (Å²) < 4.78 is 0. The minimum absolute atomic E-state index is 0.373. The Morgan fingerprint density at radius 2 is 2.30 bits per heavy atom. The van der Waals surface area contributed by atoms with Crippen LogP contribution in [0.1, 0.15) is 24.0 Å². The fourth-order valence-corrected chi connectivity index (χ4v) is 2.47. The molecule has 104 valence electrons. The van der Waals surface area contributed by atoms with Crippen molar-refractivity contribution in [1.82, 2.24) is 5.32 Å². The normalized spacial score (nSPS) is 21.6. The molecular weight excluding hydrogens is 256 g/mol. The maximum absolute atomic E-state index is 10.7. The van der Waals surface area contributed by atoms with E-state index in [0.717, 1.165) is 16.7 Å². The van der Waals surface area contributed by atoms with E-state index in [0.29, 0.717) is 12.8 Å². The van der Waals surface area contributed by atoms with Crippen LogP contribution in [0.5, 0.6) is 0 Å². The van der Waals surface area contributed by atoms with Crippen molar-refractivity contribution in [1.29, 1.82) is 0 Å². The van der Waals surface area contributed by atoms with Gasteiger partial charge in [0.1, 0.15) is 0 Å². The average Bonchev–Trinajstić information content (AvgIpc) is 2.40. The SMILES string of the molecule is Cc1cccc(C2=CC[C@H](NC(=O)O)[C@@H](N=C=O)C2)c1. The van der Waals surface area contributed by atoms with Gasteiger partial charge < -0.3 is 10.4 Å². The Bertz CT molecular complexity index is 589. The highest BCUT2D eigenvalue weighted by Crippen LogP contribution is 2.29. The molecule has 5 nitrogen and oxygen atoms in total. The maximum Gasteiger partial charge on any atom is 0.404 e. The third-order valence-corrected chi connectivity index (χ3v) is 3.43. The lowest BCUT2D eigenvalue weighted by atomic mass is 9.87. The third kappa shape index (κ3) is 3.33. The predicted molar refractivity (Wildman–Crippen MR) is 75.2 cm³/mol. The highest BCUT2D eigenvalue weighted by molar-refractivity contribution is 5.69. The van der Waals surface area contributed by atoms with Crippen LogP contribution < -0.4 is 5.32 Å². The molecule has 1 aromatic carbocycles. The molecular formula is C15H16N2O3. The second kappa shape index (κ2) is 6.17. The molecule has 0 radical (unpaired) electrons. The molecule has 0 heterocycles. The van der Waals surface area contributed by atoms with Gasteiger partial charge in [0.05, 0.1) is 12.1 Å². The van der Waals surface area contributed by atoms with Gasteiger partial charge in [-0.25, -0.2) is 14.6 Å². The second-order valence-corrected chi connectivity index (χ2v) is 4.88. The summed E-state index contributed by atoms with van der Waals surface area (Å²) in [5, 5.41) is 11.2. The van der Waals surface area contributed by atoms with Gasteiger partial charge in [-0.05, 0) is 30.9 Å². The number of carbonyl (C=O) groups excluding carboxylic acids is 1. The lowest BCUT2D eigenvalue weighted by Crippen LogP contribution is -2.43. The zero-order valence-corrected chi connectivity index (χ0v) is 11.2. The summed E-state index contributed by atoms with van der Waals surface area (Å²) in [6.07, 6.45) is 3.49. The summed E-state index contributed by atoms with van der Waals surface area (Å²) in [4.78, 5) is 25.0. The number of nitrogens with one attached hydrogen (secondary N) is 1. The smallest absolute Gasteiger partial charge is 0.404 e. The monoisotopic (exact) mass is 272 g/mol. The first-order valence-corrected chi connectivity index (χ1v) is 6.42. The largest absolute Gasteiger partial charge is 0.465 e. The van der Waals surface area contributed by atoms with Crippen molar-refractivity contribution in [2.45, 2.75) is 31.8 Å². The number of amides is 1. The van der Waals surface area contributed by atoms with Crippen LogP contribution in [-0.2, 0) is 4.79 Å². The van der Waals surface area contributed by atoms with Crippen LogP contribution in [-0.4, -0.2) is 29.4 Å². The first-order chi connectivity index (χ1) is 9.60. The molecule has 1 aromatic rings. The van der Waals surface area contributed by atoms with Crippen LogP contribution in [0.4, 0.5) is 4.79 Å². The Balaban J connectivity index is 2.24. The quantitative estimate of drug-likeness (QED) is 0.655. The summed E-state index contributed by atoms with van der Waals surface area (Å²) in [5.41, 5.74) is 3.33. The molecule has 1 aliphatic carbocycles. The number of carbonyl (C=O) groups is 1. The third-order valence-electron chi connectivity index (χ3n) is 3.43.